The molecule has 3 heteroatoms. The third kappa shape index (κ3) is 2.99. The average Bonchev–Trinajstić information content (AvgIpc) is 2.27. The van der Waals surface area contributed by atoms with Crippen molar-refractivity contribution in [3.63, 3.8) is 0 Å². The highest BCUT2D eigenvalue weighted by Gasteiger charge is 2.08. The molecular weight excluding hydrogens is 202 g/mol. The minimum absolute atomic E-state index is 0.340. The number of anilines is 1. The van der Waals surface area contributed by atoms with Gasteiger partial charge in [0.05, 0.1) is 5.56 Å². The Balaban J connectivity index is 2.86. The van der Waals surface area contributed by atoms with E-state index < -0.39 is 5.97 Å². The zero-order valence-corrected chi connectivity index (χ0v) is 10.1. The van der Waals surface area contributed by atoms with E-state index in [0.29, 0.717) is 11.6 Å². The molecule has 0 atom stereocenters. The number of aryl methyl sites for hydroxylation is 1. The van der Waals surface area contributed by atoms with Gasteiger partial charge in [-0.1, -0.05) is 13.8 Å². The largest absolute Gasteiger partial charge is 0.478 e. The molecule has 0 aliphatic rings. The Morgan fingerprint density at radius 1 is 1.38 bits per heavy atom. The summed E-state index contributed by atoms with van der Waals surface area (Å²) >= 11 is 0. The Bertz CT molecular complexity index is 370. The maximum atomic E-state index is 10.8. The highest BCUT2D eigenvalue weighted by molar-refractivity contribution is 5.88. The number of hydrogen-bond acceptors (Lipinski definition) is 2. The second-order valence-electron chi connectivity index (χ2n) is 3.99. The van der Waals surface area contributed by atoms with Gasteiger partial charge in [-0.25, -0.2) is 4.79 Å². The molecule has 1 rings (SSSR count). The van der Waals surface area contributed by atoms with Gasteiger partial charge >= 0.3 is 5.97 Å². The summed E-state index contributed by atoms with van der Waals surface area (Å²) in [6.45, 7) is 6.21. The average molecular weight is 221 g/mol. The number of carboxylic acid groups (broad SMARTS) is 1. The van der Waals surface area contributed by atoms with Crippen LogP contribution >= 0.6 is 0 Å². The first kappa shape index (κ1) is 12.6. The smallest absolute Gasteiger partial charge is 0.335 e. The van der Waals surface area contributed by atoms with Crippen molar-refractivity contribution in [2.45, 2.75) is 39.7 Å². The van der Waals surface area contributed by atoms with E-state index in [1.54, 1.807) is 12.1 Å². The van der Waals surface area contributed by atoms with E-state index in [0.717, 1.165) is 24.1 Å². The molecule has 16 heavy (non-hydrogen) atoms. The molecule has 1 aromatic carbocycles. The molecule has 0 spiro atoms. The molecule has 0 aromatic heterocycles. The first-order valence-corrected chi connectivity index (χ1v) is 5.69. The van der Waals surface area contributed by atoms with Crippen LogP contribution in [0.1, 0.15) is 42.6 Å². The fourth-order valence-electron chi connectivity index (χ4n) is 1.67. The summed E-state index contributed by atoms with van der Waals surface area (Å²) in [6.07, 6.45) is 2.13. The molecule has 0 bridgehead atoms. The third-order valence-corrected chi connectivity index (χ3v) is 2.82. The standard InChI is InChI=1S/C13H19NO2/c1-4-11(5-2)14-12-7-6-10(13(15)16)8-9(12)3/h6-8,11,14H,4-5H2,1-3H3,(H,15,16). The molecule has 2 N–H and O–H groups in total. The van der Waals surface area contributed by atoms with Gasteiger partial charge < -0.3 is 10.4 Å². The van der Waals surface area contributed by atoms with Gasteiger partial charge in [0.15, 0.2) is 0 Å². The summed E-state index contributed by atoms with van der Waals surface area (Å²) in [4.78, 5) is 10.8. The predicted molar refractivity (Wildman–Crippen MR) is 66.1 cm³/mol. The van der Waals surface area contributed by atoms with Crippen LogP contribution in [0.25, 0.3) is 0 Å². The molecule has 0 heterocycles. The molecule has 3 nitrogen and oxygen atoms in total. The fourth-order valence-corrected chi connectivity index (χ4v) is 1.67. The topological polar surface area (TPSA) is 49.3 Å². The minimum atomic E-state index is -0.878. The van der Waals surface area contributed by atoms with Crippen LogP contribution in [0.3, 0.4) is 0 Å². The second kappa shape index (κ2) is 5.54. The second-order valence-corrected chi connectivity index (χ2v) is 3.99. The van der Waals surface area contributed by atoms with Crippen LogP contribution in [-0.4, -0.2) is 17.1 Å². The zero-order chi connectivity index (χ0) is 12.1. The Morgan fingerprint density at radius 3 is 2.44 bits per heavy atom. The van der Waals surface area contributed by atoms with Crippen molar-refractivity contribution >= 4 is 11.7 Å². The number of carboxylic acids is 1. The molecule has 1 aromatic rings. The fraction of sp³-hybridized carbons (Fsp3) is 0.462. The van der Waals surface area contributed by atoms with Gasteiger partial charge in [-0.05, 0) is 43.5 Å². The molecule has 0 saturated carbocycles. The lowest BCUT2D eigenvalue weighted by molar-refractivity contribution is 0.0697. The molecule has 0 unspecified atom stereocenters. The minimum Gasteiger partial charge on any atom is -0.478 e. The van der Waals surface area contributed by atoms with Crippen molar-refractivity contribution in [3.05, 3.63) is 29.3 Å². The van der Waals surface area contributed by atoms with Crippen LogP contribution in [0.5, 0.6) is 0 Å². The van der Waals surface area contributed by atoms with Crippen molar-refractivity contribution < 1.29 is 9.90 Å². The molecular formula is C13H19NO2. The van der Waals surface area contributed by atoms with Crippen molar-refractivity contribution in [1.29, 1.82) is 0 Å². The Labute approximate surface area is 96.5 Å². The number of aromatic carboxylic acids is 1. The SMILES string of the molecule is CCC(CC)Nc1ccc(C(=O)O)cc1C. The van der Waals surface area contributed by atoms with E-state index in [1.165, 1.54) is 0 Å². The van der Waals surface area contributed by atoms with Crippen molar-refractivity contribution in [2.24, 2.45) is 0 Å². The van der Waals surface area contributed by atoms with Crippen LogP contribution in [0, 0.1) is 6.92 Å². The molecule has 0 saturated heterocycles. The number of nitrogens with one attached hydrogen (secondary N) is 1. The summed E-state index contributed by atoms with van der Waals surface area (Å²) in [5.74, 6) is -0.878. The van der Waals surface area contributed by atoms with Crippen LogP contribution in [-0.2, 0) is 0 Å². The van der Waals surface area contributed by atoms with Gasteiger partial charge in [0.1, 0.15) is 0 Å². The summed E-state index contributed by atoms with van der Waals surface area (Å²) in [6, 6.07) is 5.64. The van der Waals surface area contributed by atoms with Crippen LogP contribution in [0.4, 0.5) is 5.69 Å². The quantitative estimate of drug-likeness (QED) is 0.802. The summed E-state index contributed by atoms with van der Waals surface area (Å²) in [5.41, 5.74) is 2.35. The van der Waals surface area contributed by atoms with E-state index in [1.807, 2.05) is 13.0 Å². The number of carbonyl (C=O) groups is 1. The first-order valence-electron chi connectivity index (χ1n) is 5.69. The zero-order valence-electron chi connectivity index (χ0n) is 10.1. The van der Waals surface area contributed by atoms with Gasteiger partial charge in [-0.15, -0.1) is 0 Å². The van der Waals surface area contributed by atoms with E-state index in [-0.39, 0.29) is 0 Å². The van der Waals surface area contributed by atoms with Gasteiger partial charge in [-0.2, -0.15) is 0 Å². The Morgan fingerprint density at radius 2 is 2.00 bits per heavy atom. The molecule has 0 aliphatic carbocycles. The Hall–Kier alpha value is -1.51. The third-order valence-electron chi connectivity index (χ3n) is 2.82. The molecule has 0 radical (unpaired) electrons. The van der Waals surface area contributed by atoms with Gasteiger partial charge in [-0.3, -0.25) is 0 Å². The highest BCUT2D eigenvalue weighted by Crippen LogP contribution is 2.19. The first-order chi connectivity index (χ1) is 7.58. The summed E-state index contributed by atoms with van der Waals surface area (Å²) in [7, 11) is 0. The molecule has 0 aliphatic heterocycles. The maximum absolute atomic E-state index is 10.8. The number of hydrogen-bond donors (Lipinski definition) is 2. The van der Waals surface area contributed by atoms with Crippen molar-refractivity contribution in [1.82, 2.24) is 0 Å². The lowest BCUT2D eigenvalue weighted by Gasteiger charge is -2.18. The molecule has 0 amide bonds. The van der Waals surface area contributed by atoms with Gasteiger partial charge in [0.2, 0.25) is 0 Å². The van der Waals surface area contributed by atoms with Gasteiger partial charge in [0, 0.05) is 11.7 Å². The van der Waals surface area contributed by atoms with Gasteiger partial charge in [0.25, 0.3) is 0 Å². The normalized spacial score (nSPS) is 10.5. The van der Waals surface area contributed by atoms with Crippen LogP contribution < -0.4 is 5.32 Å². The van der Waals surface area contributed by atoms with E-state index in [2.05, 4.69) is 19.2 Å². The molecule has 0 fully saturated rings. The number of rotatable bonds is 5. The lowest BCUT2D eigenvalue weighted by atomic mass is 10.1. The Kier molecular flexibility index (Phi) is 4.35. The maximum Gasteiger partial charge on any atom is 0.335 e. The van der Waals surface area contributed by atoms with Crippen molar-refractivity contribution in [3.8, 4) is 0 Å². The highest BCUT2D eigenvalue weighted by atomic mass is 16.4. The van der Waals surface area contributed by atoms with Crippen molar-refractivity contribution in [2.75, 3.05) is 5.32 Å². The monoisotopic (exact) mass is 221 g/mol. The summed E-state index contributed by atoms with van der Waals surface area (Å²) in [5, 5.41) is 12.3. The molecule has 88 valence electrons. The summed E-state index contributed by atoms with van der Waals surface area (Å²) < 4.78 is 0. The van der Waals surface area contributed by atoms with Crippen LogP contribution in [0.15, 0.2) is 18.2 Å². The van der Waals surface area contributed by atoms with E-state index in [4.69, 9.17) is 5.11 Å². The lowest BCUT2D eigenvalue weighted by Crippen LogP contribution is -2.17. The van der Waals surface area contributed by atoms with E-state index in [9.17, 15) is 4.79 Å². The van der Waals surface area contributed by atoms with E-state index >= 15 is 0 Å². The van der Waals surface area contributed by atoms with Crippen LogP contribution in [0.2, 0.25) is 0 Å². The predicted octanol–water partition coefficient (Wildman–Crippen LogP) is 3.29. The number of benzene rings is 1.